The normalized spacial score (nSPS) is 23.4. The summed E-state index contributed by atoms with van der Waals surface area (Å²) in [4.78, 5) is 2.65. The lowest BCUT2D eigenvalue weighted by Gasteiger charge is -2.30. The van der Waals surface area contributed by atoms with Gasteiger partial charge in [-0.3, -0.25) is 0 Å². The Hall–Kier alpha value is -0.590. The van der Waals surface area contributed by atoms with Gasteiger partial charge in [-0.1, -0.05) is 6.92 Å². The largest absolute Gasteiger partial charge is 0.411 e. The Morgan fingerprint density at radius 2 is 2.05 bits per heavy atom. The molecule has 0 amide bonds. The van der Waals surface area contributed by atoms with Gasteiger partial charge in [0, 0.05) is 22.3 Å². The van der Waals surface area contributed by atoms with Crippen LogP contribution in [0.5, 0.6) is 0 Å². The van der Waals surface area contributed by atoms with Gasteiger partial charge in [0.1, 0.15) is 6.61 Å². The summed E-state index contributed by atoms with van der Waals surface area (Å²) >= 11 is 1.79. The van der Waals surface area contributed by atoms with Crippen molar-refractivity contribution >= 4 is 11.3 Å². The van der Waals surface area contributed by atoms with E-state index in [0.29, 0.717) is 6.42 Å². The Bertz CT molecular complexity index is 433. The molecule has 2 rings (SSSR count). The van der Waals surface area contributed by atoms with Crippen LogP contribution in [0.4, 0.5) is 13.2 Å². The average Bonchev–Trinajstić information content (AvgIpc) is 2.91. The molecule has 0 radical (unpaired) electrons. The number of ether oxygens (including phenoxy) is 1. The van der Waals surface area contributed by atoms with E-state index in [4.69, 9.17) is 4.74 Å². The highest BCUT2D eigenvalue weighted by Gasteiger charge is 2.31. The third-order valence-corrected chi connectivity index (χ3v) is 4.97. The van der Waals surface area contributed by atoms with Gasteiger partial charge in [0.05, 0.1) is 6.10 Å². The van der Waals surface area contributed by atoms with Crippen LogP contribution < -0.4 is 5.32 Å². The van der Waals surface area contributed by atoms with E-state index in [2.05, 4.69) is 24.4 Å². The summed E-state index contributed by atoms with van der Waals surface area (Å²) in [6.07, 6.45) is -0.125. The molecule has 0 aromatic carbocycles. The summed E-state index contributed by atoms with van der Waals surface area (Å²) in [7, 11) is 0. The molecule has 1 aromatic rings. The van der Waals surface area contributed by atoms with E-state index in [9.17, 15) is 13.2 Å². The maximum atomic E-state index is 12.2. The number of nitrogens with one attached hydrogen (secondary N) is 1. The van der Waals surface area contributed by atoms with E-state index in [1.54, 1.807) is 11.3 Å². The molecular formula is C15H22F3NOS. The minimum atomic E-state index is -4.23. The molecule has 2 unspecified atom stereocenters. The predicted octanol–water partition coefficient (Wildman–Crippen LogP) is 4.29. The van der Waals surface area contributed by atoms with Crippen LogP contribution >= 0.6 is 11.3 Å². The highest BCUT2D eigenvalue weighted by atomic mass is 32.1. The van der Waals surface area contributed by atoms with Crippen molar-refractivity contribution in [1.82, 2.24) is 5.32 Å². The van der Waals surface area contributed by atoms with E-state index in [0.717, 1.165) is 32.2 Å². The molecule has 1 aliphatic carbocycles. The van der Waals surface area contributed by atoms with Gasteiger partial charge in [-0.15, -0.1) is 11.3 Å². The first kappa shape index (κ1) is 16.8. The van der Waals surface area contributed by atoms with E-state index in [1.807, 2.05) is 0 Å². The topological polar surface area (TPSA) is 21.3 Å². The van der Waals surface area contributed by atoms with Gasteiger partial charge in [0.2, 0.25) is 0 Å². The fourth-order valence-electron chi connectivity index (χ4n) is 2.65. The average molecular weight is 321 g/mol. The van der Waals surface area contributed by atoms with Crippen molar-refractivity contribution in [3.8, 4) is 0 Å². The number of alkyl halides is 3. The van der Waals surface area contributed by atoms with Crippen LogP contribution in [0.1, 0.15) is 42.4 Å². The summed E-state index contributed by atoms with van der Waals surface area (Å²) in [6.45, 7) is 1.79. The second-order valence-electron chi connectivity index (χ2n) is 5.51. The minimum Gasteiger partial charge on any atom is -0.369 e. The molecule has 0 spiro atoms. The van der Waals surface area contributed by atoms with Crippen molar-refractivity contribution < 1.29 is 17.9 Å². The molecule has 2 nitrogen and oxygen atoms in total. The van der Waals surface area contributed by atoms with Gasteiger partial charge in [0.25, 0.3) is 0 Å². The summed E-state index contributed by atoms with van der Waals surface area (Å²) in [5, 5.41) is 3.45. The van der Waals surface area contributed by atoms with Crippen molar-refractivity contribution in [2.24, 2.45) is 0 Å². The molecular weight excluding hydrogens is 299 g/mol. The first-order valence-electron chi connectivity index (χ1n) is 7.45. The lowest BCUT2D eigenvalue weighted by atomic mass is 9.93. The van der Waals surface area contributed by atoms with Crippen molar-refractivity contribution in [2.75, 3.05) is 6.61 Å². The molecule has 6 heteroatoms. The zero-order valence-electron chi connectivity index (χ0n) is 12.2. The summed E-state index contributed by atoms with van der Waals surface area (Å²) < 4.78 is 41.5. The lowest BCUT2D eigenvalue weighted by Crippen LogP contribution is -2.37. The Balaban J connectivity index is 1.73. The van der Waals surface area contributed by atoms with Crippen molar-refractivity contribution in [1.29, 1.82) is 0 Å². The molecule has 1 N–H and O–H groups in total. The molecule has 1 saturated carbocycles. The molecule has 2 atom stereocenters. The van der Waals surface area contributed by atoms with Crippen LogP contribution in [0.3, 0.4) is 0 Å². The van der Waals surface area contributed by atoms with Gasteiger partial charge in [0.15, 0.2) is 0 Å². The van der Waals surface area contributed by atoms with Crippen LogP contribution in [-0.2, 0) is 17.7 Å². The number of aryl methyl sites for hydroxylation is 1. The molecule has 1 fully saturated rings. The second-order valence-corrected chi connectivity index (χ2v) is 6.77. The molecule has 0 bridgehead atoms. The fraction of sp³-hybridized carbons (Fsp3) is 0.733. The highest BCUT2D eigenvalue weighted by molar-refractivity contribution is 7.11. The Morgan fingerprint density at radius 3 is 2.71 bits per heavy atom. The van der Waals surface area contributed by atoms with Crippen LogP contribution in [0, 0.1) is 0 Å². The third kappa shape index (κ3) is 5.96. The van der Waals surface area contributed by atoms with Crippen molar-refractivity contribution in [3.05, 3.63) is 21.9 Å². The van der Waals surface area contributed by atoms with Crippen molar-refractivity contribution in [2.45, 2.75) is 63.9 Å². The number of hydrogen-bond acceptors (Lipinski definition) is 3. The Morgan fingerprint density at radius 1 is 1.29 bits per heavy atom. The lowest BCUT2D eigenvalue weighted by molar-refractivity contribution is -0.188. The first-order valence-corrected chi connectivity index (χ1v) is 8.27. The SMILES string of the molecule is CCc1ccc(CNC2CCCC(OCC(F)(F)F)C2)s1. The van der Waals surface area contributed by atoms with Gasteiger partial charge >= 0.3 is 6.18 Å². The van der Waals surface area contributed by atoms with Gasteiger partial charge in [-0.05, 0) is 44.2 Å². The Kier molecular flexibility index (Phi) is 6.08. The maximum absolute atomic E-state index is 12.2. The summed E-state index contributed by atoms with van der Waals surface area (Å²) in [6, 6.07) is 4.51. The molecule has 120 valence electrons. The standard InChI is InChI=1S/C15H22F3NOS/c1-2-13-6-7-14(21-13)9-19-11-4-3-5-12(8-11)20-10-15(16,17)18/h6-7,11-12,19H,2-5,8-10H2,1H3. The van der Waals surface area contributed by atoms with Crippen LogP contribution in [-0.4, -0.2) is 24.9 Å². The minimum absolute atomic E-state index is 0.254. The van der Waals surface area contributed by atoms with Crippen LogP contribution in [0.25, 0.3) is 0 Å². The molecule has 1 heterocycles. The molecule has 1 aromatic heterocycles. The zero-order chi connectivity index (χ0) is 15.3. The van der Waals surface area contributed by atoms with E-state index in [1.165, 1.54) is 9.75 Å². The second kappa shape index (κ2) is 7.61. The molecule has 21 heavy (non-hydrogen) atoms. The van der Waals surface area contributed by atoms with Crippen molar-refractivity contribution in [3.63, 3.8) is 0 Å². The number of thiophene rings is 1. The summed E-state index contributed by atoms with van der Waals surface area (Å²) in [5.41, 5.74) is 0. The van der Waals surface area contributed by atoms with Gasteiger partial charge in [-0.25, -0.2) is 0 Å². The quantitative estimate of drug-likeness (QED) is 0.844. The Labute approximate surface area is 127 Å². The highest BCUT2D eigenvalue weighted by Crippen LogP contribution is 2.25. The van der Waals surface area contributed by atoms with Gasteiger partial charge in [-0.2, -0.15) is 13.2 Å². The molecule has 0 saturated heterocycles. The number of rotatable bonds is 6. The van der Waals surface area contributed by atoms with Gasteiger partial charge < -0.3 is 10.1 Å². The summed E-state index contributed by atoms with van der Waals surface area (Å²) in [5.74, 6) is 0. The monoisotopic (exact) mass is 321 g/mol. The fourth-order valence-corrected chi connectivity index (χ4v) is 3.56. The molecule has 0 aliphatic heterocycles. The molecule has 1 aliphatic rings. The third-order valence-electron chi connectivity index (χ3n) is 3.74. The maximum Gasteiger partial charge on any atom is 0.411 e. The number of halogens is 3. The van der Waals surface area contributed by atoms with E-state index in [-0.39, 0.29) is 12.1 Å². The smallest absolute Gasteiger partial charge is 0.369 e. The van der Waals surface area contributed by atoms with Crippen LogP contribution in [0.2, 0.25) is 0 Å². The first-order chi connectivity index (χ1) is 9.96. The number of hydrogen-bond donors (Lipinski definition) is 1. The van der Waals surface area contributed by atoms with E-state index < -0.39 is 12.8 Å². The zero-order valence-corrected chi connectivity index (χ0v) is 13.0. The van der Waals surface area contributed by atoms with Crippen LogP contribution in [0.15, 0.2) is 12.1 Å². The van der Waals surface area contributed by atoms with E-state index >= 15 is 0 Å². The predicted molar refractivity (Wildman–Crippen MR) is 78.6 cm³/mol.